The first-order valence-corrected chi connectivity index (χ1v) is 4.21. The molecule has 1 fully saturated rings. The average Bonchev–Trinajstić information content (AvgIpc) is 2.49. The van der Waals surface area contributed by atoms with Gasteiger partial charge in [0.2, 0.25) is 5.91 Å². The lowest BCUT2D eigenvalue weighted by Gasteiger charge is -2.25. The normalized spacial score (nSPS) is 20.8. The first kappa shape index (κ1) is 8.18. The van der Waals surface area contributed by atoms with Crippen molar-refractivity contribution in [2.24, 2.45) is 0 Å². The van der Waals surface area contributed by atoms with Gasteiger partial charge < -0.3 is 10.6 Å². The minimum absolute atomic E-state index is 0.0112. The molecule has 1 aliphatic rings. The van der Waals surface area contributed by atoms with E-state index in [0.29, 0.717) is 12.4 Å². The van der Waals surface area contributed by atoms with Crippen LogP contribution in [0.5, 0.6) is 0 Å². The molecule has 6 nitrogen and oxygen atoms in total. The molecule has 2 rings (SSSR count). The number of hydrogen-bond donors (Lipinski definition) is 3. The Morgan fingerprint density at radius 1 is 1.77 bits per heavy atom. The van der Waals surface area contributed by atoms with Gasteiger partial charge >= 0.3 is 0 Å². The molecule has 1 amide bonds. The summed E-state index contributed by atoms with van der Waals surface area (Å²) < 4.78 is 0. The molecule has 0 radical (unpaired) electrons. The molecular formula is C7H11N5O. The molecule has 6 heteroatoms. The van der Waals surface area contributed by atoms with Gasteiger partial charge in [0.15, 0.2) is 0 Å². The van der Waals surface area contributed by atoms with Crippen LogP contribution < -0.4 is 10.6 Å². The Morgan fingerprint density at radius 3 is 3.15 bits per heavy atom. The second kappa shape index (κ2) is 3.53. The lowest BCUT2D eigenvalue weighted by atomic mass is 10.1. The molecule has 13 heavy (non-hydrogen) atoms. The third kappa shape index (κ3) is 1.83. The molecule has 1 aromatic heterocycles. The highest BCUT2D eigenvalue weighted by Gasteiger charge is 2.23. The third-order valence-corrected chi connectivity index (χ3v) is 2.04. The van der Waals surface area contributed by atoms with Gasteiger partial charge in [-0.2, -0.15) is 5.10 Å². The average molecular weight is 181 g/mol. The number of aromatic amines is 1. The number of carbonyl (C=O) groups is 1. The number of H-pyrrole nitrogens is 1. The van der Waals surface area contributed by atoms with Gasteiger partial charge in [-0.15, -0.1) is 0 Å². The fourth-order valence-electron chi connectivity index (χ4n) is 1.12. The van der Waals surface area contributed by atoms with Crippen molar-refractivity contribution >= 4 is 5.91 Å². The Balaban J connectivity index is 1.76. The summed E-state index contributed by atoms with van der Waals surface area (Å²) in [7, 11) is 0. The van der Waals surface area contributed by atoms with E-state index in [2.05, 4.69) is 25.8 Å². The molecule has 0 aromatic carbocycles. The lowest BCUT2D eigenvalue weighted by molar-refractivity contribution is -0.124. The van der Waals surface area contributed by atoms with E-state index in [1.165, 1.54) is 6.33 Å². The van der Waals surface area contributed by atoms with Gasteiger partial charge in [0.1, 0.15) is 12.2 Å². The Bertz CT molecular complexity index is 279. The van der Waals surface area contributed by atoms with Crippen molar-refractivity contribution in [2.75, 3.05) is 6.54 Å². The van der Waals surface area contributed by atoms with Crippen molar-refractivity contribution < 1.29 is 4.79 Å². The van der Waals surface area contributed by atoms with E-state index in [-0.39, 0.29) is 11.9 Å². The van der Waals surface area contributed by atoms with E-state index in [4.69, 9.17) is 0 Å². The zero-order valence-corrected chi connectivity index (χ0v) is 7.08. The van der Waals surface area contributed by atoms with E-state index < -0.39 is 0 Å². The van der Waals surface area contributed by atoms with Crippen LogP contribution in [0.15, 0.2) is 6.33 Å². The number of aromatic nitrogens is 3. The molecule has 0 unspecified atom stereocenters. The summed E-state index contributed by atoms with van der Waals surface area (Å²) in [5.74, 6) is 0.704. The van der Waals surface area contributed by atoms with Crippen LogP contribution in [0.4, 0.5) is 0 Å². The topological polar surface area (TPSA) is 82.7 Å². The molecule has 1 saturated heterocycles. The number of rotatable bonds is 3. The van der Waals surface area contributed by atoms with Crippen molar-refractivity contribution in [3.63, 3.8) is 0 Å². The maximum absolute atomic E-state index is 11.3. The van der Waals surface area contributed by atoms with Gasteiger partial charge in [-0.25, -0.2) is 4.98 Å². The highest BCUT2D eigenvalue weighted by molar-refractivity contribution is 5.82. The Morgan fingerprint density at radius 2 is 2.62 bits per heavy atom. The van der Waals surface area contributed by atoms with Crippen molar-refractivity contribution in [1.29, 1.82) is 0 Å². The Hall–Kier alpha value is -1.43. The zero-order valence-electron chi connectivity index (χ0n) is 7.08. The molecule has 0 bridgehead atoms. The molecule has 70 valence electrons. The summed E-state index contributed by atoms with van der Waals surface area (Å²) in [6.45, 7) is 1.34. The summed E-state index contributed by atoms with van der Waals surface area (Å²) in [6, 6.07) is -0.0112. The lowest BCUT2D eigenvalue weighted by Crippen LogP contribution is -2.53. The van der Waals surface area contributed by atoms with Gasteiger partial charge in [-0.3, -0.25) is 9.89 Å². The van der Waals surface area contributed by atoms with Gasteiger partial charge in [0.25, 0.3) is 0 Å². The maximum Gasteiger partial charge on any atom is 0.237 e. The van der Waals surface area contributed by atoms with Gasteiger partial charge in [-0.1, -0.05) is 0 Å². The molecule has 1 atom stereocenters. The van der Waals surface area contributed by atoms with Crippen LogP contribution in [0, 0.1) is 0 Å². The SMILES string of the molecule is O=C(NCc1ncn[nH]1)[C@H]1CCN1. The second-order valence-electron chi connectivity index (χ2n) is 2.95. The Kier molecular flexibility index (Phi) is 2.22. The van der Waals surface area contributed by atoms with Crippen LogP contribution in [0.3, 0.4) is 0 Å². The van der Waals surface area contributed by atoms with Crippen LogP contribution >= 0.6 is 0 Å². The van der Waals surface area contributed by atoms with Crippen molar-refractivity contribution in [1.82, 2.24) is 25.8 Å². The summed E-state index contributed by atoms with van der Waals surface area (Å²) in [5.41, 5.74) is 0. The second-order valence-corrected chi connectivity index (χ2v) is 2.95. The van der Waals surface area contributed by atoms with Crippen LogP contribution in [0.25, 0.3) is 0 Å². The first-order chi connectivity index (χ1) is 6.36. The number of hydrogen-bond acceptors (Lipinski definition) is 4. The largest absolute Gasteiger partial charge is 0.347 e. The molecule has 1 aliphatic heterocycles. The fraction of sp³-hybridized carbons (Fsp3) is 0.571. The maximum atomic E-state index is 11.3. The summed E-state index contributed by atoms with van der Waals surface area (Å²) >= 11 is 0. The molecule has 3 N–H and O–H groups in total. The van der Waals surface area contributed by atoms with E-state index in [0.717, 1.165) is 13.0 Å². The van der Waals surface area contributed by atoms with E-state index in [9.17, 15) is 4.79 Å². The minimum atomic E-state index is -0.0112. The van der Waals surface area contributed by atoms with Gasteiger partial charge in [-0.05, 0) is 13.0 Å². The van der Waals surface area contributed by atoms with E-state index >= 15 is 0 Å². The van der Waals surface area contributed by atoms with Crippen molar-refractivity contribution in [2.45, 2.75) is 19.0 Å². The monoisotopic (exact) mass is 181 g/mol. The molecule has 0 aliphatic carbocycles. The first-order valence-electron chi connectivity index (χ1n) is 4.21. The van der Waals surface area contributed by atoms with Crippen LogP contribution in [0.2, 0.25) is 0 Å². The molecular weight excluding hydrogens is 170 g/mol. The number of nitrogens with zero attached hydrogens (tertiary/aromatic N) is 2. The van der Waals surface area contributed by atoms with Crippen molar-refractivity contribution in [3.05, 3.63) is 12.2 Å². The predicted octanol–water partition coefficient (Wildman–Crippen LogP) is -1.22. The highest BCUT2D eigenvalue weighted by atomic mass is 16.2. The third-order valence-electron chi connectivity index (χ3n) is 2.04. The van der Waals surface area contributed by atoms with Gasteiger partial charge in [0.05, 0.1) is 12.6 Å². The summed E-state index contributed by atoms with van der Waals surface area (Å²) in [6.07, 6.45) is 2.34. The summed E-state index contributed by atoms with van der Waals surface area (Å²) in [4.78, 5) is 15.2. The highest BCUT2D eigenvalue weighted by Crippen LogP contribution is 2.01. The Labute approximate surface area is 75.1 Å². The zero-order chi connectivity index (χ0) is 9.10. The minimum Gasteiger partial charge on any atom is -0.347 e. The predicted molar refractivity (Wildman–Crippen MR) is 44.6 cm³/mol. The molecule has 2 heterocycles. The molecule has 1 aromatic rings. The fourth-order valence-corrected chi connectivity index (χ4v) is 1.12. The standard InChI is InChI=1S/C7H11N5O/c13-7(5-1-2-8-5)9-3-6-10-4-11-12-6/h4-5,8H,1-3H2,(H,9,13)(H,10,11,12)/t5-/m1/s1. The number of amides is 1. The molecule has 0 spiro atoms. The quantitative estimate of drug-likeness (QED) is 0.546. The number of carbonyl (C=O) groups excluding carboxylic acids is 1. The van der Waals surface area contributed by atoms with Crippen molar-refractivity contribution in [3.8, 4) is 0 Å². The molecule has 0 saturated carbocycles. The summed E-state index contributed by atoms with van der Waals surface area (Å²) in [5, 5.41) is 12.1. The van der Waals surface area contributed by atoms with Crippen LogP contribution in [-0.4, -0.2) is 33.7 Å². The smallest absolute Gasteiger partial charge is 0.237 e. The number of nitrogens with one attached hydrogen (secondary N) is 3. The van der Waals surface area contributed by atoms with E-state index in [1.807, 2.05) is 0 Å². The van der Waals surface area contributed by atoms with Gasteiger partial charge in [0, 0.05) is 0 Å². The van der Waals surface area contributed by atoms with Crippen LogP contribution in [-0.2, 0) is 11.3 Å². The van der Waals surface area contributed by atoms with E-state index in [1.54, 1.807) is 0 Å². The van der Waals surface area contributed by atoms with Crippen LogP contribution in [0.1, 0.15) is 12.2 Å².